The van der Waals surface area contributed by atoms with Crippen molar-refractivity contribution in [3.8, 4) is 0 Å². The zero-order chi connectivity index (χ0) is 20.6. The summed E-state index contributed by atoms with van der Waals surface area (Å²) in [4.78, 5) is 52.7. The highest BCUT2D eigenvalue weighted by atomic mass is 16.5. The van der Waals surface area contributed by atoms with E-state index >= 15 is 0 Å². The molecule has 0 N–H and O–H groups in total. The number of carbonyl (C=O) groups excluding carboxylic acids is 4. The fraction of sp³-hybridized carbons (Fsp3) is 0.750. The van der Waals surface area contributed by atoms with Crippen LogP contribution in [0.1, 0.15) is 65.7 Å². The van der Waals surface area contributed by atoms with Crippen LogP contribution in [0.25, 0.3) is 0 Å². The number of hydrogen-bond donors (Lipinski definition) is 0. The van der Waals surface area contributed by atoms with Gasteiger partial charge < -0.3 is 14.6 Å². The average Bonchev–Trinajstić information content (AvgIpc) is 2.56. The van der Waals surface area contributed by atoms with Crippen molar-refractivity contribution in [1.82, 2.24) is 0 Å². The van der Waals surface area contributed by atoms with Crippen LogP contribution in [0.4, 0.5) is 0 Å². The van der Waals surface area contributed by atoms with E-state index in [0.717, 1.165) is 0 Å². The van der Waals surface area contributed by atoms with Gasteiger partial charge in [0, 0.05) is 24.6 Å². The maximum absolute atomic E-state index is 13.0. The molecule has 2 atom stereocenters. The topological polar surface area (TPSA) is 113 Å². The van der Waals surface area contributed by atoms with E-state index in [9.17, 15) is 24.3 Å². The first kappa shape index (κ1) is 23.0. The standard InChI is InChI=1S/C20H31NO6/c1-5-9-14(22)16-13(21-11-8-6-7-10-15(23)24)12-20(2,3)17(18(16)25)19(26)27-4/h16-17H,5-12H2,1-4H3,(H,23,24)/p-1/t16-,17-/m0/s1. The Balaban J connectivity index is 2.97. The first-order chi connectivity index (χ1) is 12.7. The van der Waals surface area contributed by atoms with Crippen molar-refractivity contribution in [3.63, 3.8) is 0 Å². The molecule has 0 amide bonds. The first-order valence-corrected chi connectivity index (χ1v) is 9.53. The molecule has 1 saturated carbocycles. The zero-order valence-corrected chi connectivity index (χ0v) is 16.7. The van der Waals surface area contributed by atoms with Crippen LogP contribution in [0.15, 0.2) is 4.99 Å². The first-order valence-electron chi connectivity index (χ1n) is 9.53. The Morgan fingerprint density at radius 2 is 1.85 bits per heavy atom. The van der Waals surface area contributed by atoms with Crippen LogP contribution in [-0.2, 0) is 23.9 Å². The van der Waals surface area contributed by atoms with Crippen molar-refractivity contribution in [3.05, 3.63) is 0 Å². The van der Waals surface area contributed by atoms with E-state index in [1.54, 1.807) is 0 Å². The average molecular weight is 380 g/mol. The number of carboxylic acids is 1. The van der Waals surface area contributed by atoms with Gasteiger partial charge in [0.05, 0.1) is 7.11 Å². The molecule has 27 heavy (non-hydrogen) atoms. The minimum atomic E-state index is -1.07. The minimum absolute atomic E-state index is 0.0144. The summed E-state index contributed by atoms with van der Waals surface area (Å²) in [5.41, 5.74) is -0.149. The molecule has 7 nitrogen and oxygen atoms in total. The van der Waals surface area contributed by atoms with Gasteiger partial charge in [-0.05, 0) is 37.5 Å². The predicted octanol–water partition coefficient (Wildman–Crippen LogP) is 1.51. The molecule has 0 aromatic heterocycles. The molecular formula is C20H30NO6-. The number of rotatable bonds is 10. The van der Waals surface area contributed by atoms with E-state index in [-0.39, 0.29) is 18.6 Å². The molecule has 0 radical (unpaired) electrons. The number of Topliss-reactive ketones (excluding diaryl/α,β-unsaturated/α-hetero) is 2. The van der Waals surface area contributed by atoms with Crippen LogP contribution in [0.2, 0.25) is 0 Å². The monoisotopic (exact) mass is 380 g/mol. The number of esters is 1. The number of ketones is 2. The van der Waals surface area contributed by atoms with E-state index in [0.29, 0.717) is 44.4 Å². The van der Waals surface area contributed by atoms with Gasteiger partial charge >= 0.3 is 5.97 Å². The lowest BCUT2D eigenvalue weighted by molar-refractivity contribution is -0.305. The predicted molar refractivity (Wildman–Crippen MR) is 98.1 cm³/mol. The highest BCUT2D eigenvalue weighted by molar-refractivity contribution is 6.26. The number of carboxylic acid groups (broad SMARTS) is 1. The Bertz CT molecular complexity index is 608. The molecule has 1 fully saturated rings. The lowest BCUT2D eigenvalue weighted by Gasteiger charge is -2.39. The van der Waals surface area contributed by atoms with Crippen LogP contribution in [0, 0.1) is 17.3 Å². The molecule has 0 aromatic carbocycles. The molecule has 0 aromatic rings. The van der Waals surface area contributed by atoms with Crippen molar-refractivity contribution >= 4 is 29.2 Å². The van der Waals surface area contributed by atoms with E-state index < -0.39 is 35.0 Å². The summed E-state index contributed by atoms with van der Waals surface area (Å²) >= 11 is 0. The van der Waals surface area contributed by atoms with Crippen LogP contribution in [0.3, 0.4) is 0 Å². The summed E-state index contributed by atoms with van der Waals surface area (Å²) in [6.07, 6.45) is 3.13. The van der Waals surface area contributed by atoms with Crippen molar-refractivity contribution < 1.29 is 29.0 Å². The maximum Gasteiger partial charge on any atom is 0.316 e. The van der Waals surface area contributed by atoms with Gasteiger partial charge in [0.1, 0.15) is 17.6 Å². The number of nitrogens with zero attached hydrogens (tertiary/aromatic N) is 1. The summed E-state index contributed by atoms with van der Waals surface area (Å²) in [7, 11) is 1.24. The molecule has 7 heteroatoms. The van der Waals surface area contributed by atoms with Crippen molar-refractivity contribution in [2.75, 3.05) is 13.7 Å². The highest BCUT2D eigenvalue weighted by Crippen LogP contribution is 2.41. The lowest BCUT2D eigenvalue weighted by Crippen LogP contribution is -2.52. The SMILES string of the molecule is CCCC(=O)[C@H]1C(=O)[C@@H](C(=O)OC)C(C)(C)CC1=NCCCCCC(=O)[O-]. The van der Waals surface area contributed by atoms with Crippen LogP contribution < -0.4 is 5.11 Å². The van der Waals surface area contributed by atoms with E-state index in [1.165, 1.54) is 7.11 Å². The molecule has 0 bridgehead atoms. The van der Waals surface area contributed by atoms with E-state index in [4.69, 9.17) is 4.74 Å². The van der Waals surface area contributed by atoms with Gasteiger partial charge in [-0.1, -0.05) is 27.2 Å². The Kier molecular flexibility index (Phi) is 8.79. The number of hydrogen-bond acceptors (Lipinski definition) is 7. The number of ether oxygens (including phenoxy) is 1. The molecule has 1 aliphatic rings. The molecule has 0 heterocycles. The van der Waals surface area contributed by atoms with Crippen molar-refractivity contribution in [2.24, 2.45) is 22.2 Å². The molecule has 0 spiro atoms. The van der Waals surface area contributed by atoms with E-state index in [2.05, 4.69) is 4.99 Å². The summed E-state index contributed by atoms with van der Waals surface area (Å²) in [5, 5.41) is 10.4. The van der Waals surface area contributed by atoms with Gasteiger partial charge in [-0.2, -0.15) is 0 Å². The van der Waals surface area contributed by atoms with Crippen molar-refractivity contribution in [2.45, 2.75) is 65.7 Å². The fourth-order valence-electron chi connectivity index (χ4n) is 3.60. The second-order valence-corrected chi connectivity index (χ2v) is 7.73. The third kappa shape index (κ3) is 6.26. The summed E-state index contributed by atoms with van der Waals surface area (Å²) in [6.45, 7) is 5.90. The maximum atomic E-state index is 13.0. The van der Waals surface area contributed by atoms with Gasteiger partial charge in [-0.25, -0.2) is 0 Å². The number of aliphatic imine (C=N–C) groups is 1. The number of aliphatic carboxylic acids is 1. The lowest BCUT2D eigenvalue weighted by atomic mass is 9.62. The molecule has 0 aliphatic heterocycles. The molecule has 152 valence electrons. The second-order valence-electron chi connectivity index (χ2n) is 7.73. The van der Waals surface area contributed by atoms with Gasteiger partial charge in [-0.15, -0.1) is 0 Å². The Hall–Kier alpha value is -2.05. The zero-order valence-electron chi connectivity index (χ0n) is 16.7. The van der Waals surface area contributed by atoms with Gasteiger partial charge in [0.2, 0.25) is 0 Å². The molecular weight excluding hydrogens is 350 g/mol. The quantitative estimate of drug-likeness (QED) is 0.322. The van der Waals surface area contributed by atoms with Gasteiger partial charge in [0.15, 0.2) is 5.78 Å². The minimum Gasteiger partial charge on any atom is -0.550 e. The summed E-state index contributed by atoms with van der Waals surface area (Å²) in [6, 6.07) is 0. The summed E-state index contributed by atoms with van der Waals surface area (Å²) < 4.78 is 4.80. The van der Waals surface area contributed by atoms with Crippen LogP contribution in [0.5, 0.6) is 0 Å². The number of unbranched alkanes of at least 4 members (excludes halogenated alkanes) is 2. The third-order valence-corrected chi connectivity index (χ3v) is 4.93. The number of carbonyl (C=O) groups is 4. The normalized spacial score (nSPS) is 23.3. The third-order valence-electron chi connectivity index (χ3n) is 4.93. The smallest absolute Gasteiger partial charge is 0.316 e. The van der Waals surface area contributed by atoms with Gasteiger partial charge in [-0.3, -0.25) is 19.4 Å². The Labute approximate surface area is 160 Å². The molecule has 0 unspecified atom stereocenters. The molecule has 0 saturated heterocycles. The van der Waals surface area contributed by atoms with E-state index in [1.807, 2.05) is 20.8 Å². The Morgan fingerprint density at radius 3 is 2.41 bits per heavy atom. The Morgan fingerprint density at radius 1 is 1.19 bits per heavy atom. The van der Waals surface area contributed by atoms with Crippen LogP contribution in [-0.4, -0.2) is 42.9 Å². The van der Waals surface area contributed by atoms with Crippen LogP contribution >= 0.6 is 0 Å². The molecule has 1 rings (SSSR count). The van der Waals surface area contributed by atoms with Gasteiger partial charge in [0.25, 0.3) is 0 Å². The summed E-state index contributed by atoms with van der Waals surface area (Å²) in [5.74, 6) is -4.27. The highest BCUT2D eigenvalue weighted by Gasteiger charge is 2.52. The second kappa shape index (κ2) is 10.3. The molecule has 1 aliphatic carbocycles. The number of methoxy groups -OCH3 is 1. The van der Waals surface area contributed by atoms with Crippen molar-refractivity contribution in [1.29, 1.82) is 0 Å². The fourth-order valence-corrected chi connectivity index (χ4v) is 3.60. The largest absolute Gasteiger partial charge is 0.550 e.